The lowest BCUT2D eigenvalue weighted by molar-refractivity contribution is -0.330. The first kappa shape index (κ1) is 35.8. The Morgan fingerprint density at radius 1 is 0.612 bits per heavy atom. The van der Waals surface area contributed by atoms with E-state index in [1.807, 2.05) is 0 Å². The molecule has 0 bridgehead atoms. The smallest absolute Gasteiger partial charge is 0.383 e. The molecule has 1 aliphatic rings. The molecule has 0 saturated heterocycles. The molecule has 5 rings (SSSR count). The van der Waals surface area contributed by atoms with E-state index in [4.69, 9.17) is 14.2 Å². The Kier molecular flexibility index (Phi) is 9.06. The highest BCUT2D eigenvalue weighted by Crippen LogP contribution is 2.61. The molecule has 4 aromatic rings. The predicted molar refractivity (Wildman–Crippen MR) is 168 cm³/mol. The lowest BCUT2D eigenvalue weighted by Crippen LogP contribution is -2.72. The van der Waals surface area contributed by atoms with Crippen molar-refractivity contribution >= 4 is 0 Å². The second-order valence-electron chi connectivity index (χ2n) is 13.8. The maximum atomic E-state index is 18.6. The zero-order valence-corrected chi connectivity index (χ0v) is 27.5. The fourth-order valence-electron chi connectivity index (χ4n) is 5.69. The monoisotopic (exact) mass is 690 g/mol. The summed E-state index contributed by atoms with van der Waals surface area (Å²) in [5.74, 6) is -21.3. The number of ether oxygens (including phenoxy) is 3. The molecule has 0 fully saturated rings. The molecular formula is C38H34F8O3. The average molecular weight is 691 g/mol. The van der Waals surface area contributed by atoms with Gasteiger partial charge >= 0.3 is 11.7 Å². The topological polar surface area (TPSA) is 27.7 Å². The largest absolute Gasteiger partial charge is 0.451 e. The van der Waals surface area contributed by atoms with Gasteiger partial charge in [-0.15, -0.1) is 0 Å². The highest BCUT2D eigenvalue weighted by atomic mass is 19.2. The molecule has 4 aromatic carbocycles. The minimum atomic E-state index is -4.69. The van der Waals surface area contributed by atoms with Crippen LogP contribution >= 0.6 is 0 Å². The number of hydrogen-bond donors (Lipinski definition) is 0. The first-order valence-electron chi connectivity index (χ1n) is 15.3. The molecular weight excluding hydrogens is 656 g/mol. The quantitative estimate of drug-likeness (QED) is 0.143. The molecule has 0 spiro atoms. The van der Waals surface area contributed by atoms with Gasteiger partial charge in [0.1, 0.15) is 17.2 Å². The lowest BCUT2D eigenvalue weighted by Gasteiger charge is -2.50. The van der Waals surface area contributed by atoms with Crippen LogP contribution in [0.4, 0.5) is 35.1 Å². The van der Waals surface area contributed by atoms with E-state index < -0.39 is 80.5 Å². The molecule has 1 aliphatic carbocycles. The van der Waals surface area contributed by atoms with Gasteiger partial charge in [0, 0.05) is 12.1 Å². The van der Waals surface area contributed by atoms with Gasteiger partial charge in [0.2, 0.25) is 17.6 Å². The van der Waals surface area contributed by atoms with Crippen molar-refractivity contribution < 1.29 is 49.3 Å². The molecule has 11 heteroatoms. The molecule has 3 nitrogen and oxygen atoms in total. The van der Waals surface area contributed by atoms with Crippen LogP contribution in [0.5, 0.6) is 17.2 Å². The Balaban J connectivity index is 1.91. The predicted octanol–water partition coefficient (Wildman–Crippen LogP) is 11.0. The molecule has 260 valence electrons. The number of para-hydroxylation sites is 2. The number of benzene rings is 4. The van der Waals surface area contributed by atoms with E-state index in [9.17, 15) is 13.2 Å². The zero-order chi connectivity index (χ0) is 36.2. The van der Waals surface area contributed by atoms with Crippen molar-refractivity contribution in [3.63, 3.8) is 0 Å². The fourth-order valence-corrected chi connectivity index (χ4v) is 5.69. The van der Waals surface area contributed by atoms with Gasteiger partial charge in [0.25, 0.3) is 0 Å². The van der Waals surface area contributed by atoms with E-state index >= 15 is 22.0 Å². The van der Waals surface area contributed by atoms with Crippen LogP contribution in [-0.2, 0) is 16.5 Å². The van der Waals surface area contributed by atoms with Gasteiger partial charge in [0.15, 0.2) is 23.3 Å². The van der Waals surface area contributed by atoms with E-state index in [1.54, 1.807) is 47.6 Å². The Morgan fingerprint density at radius 2 is 1.10 bits per heavy atom. The molecule has 0 aliphatic heterocycles. The third-order valence-corrected chi connectivity index (χ3v) is 8.21. The first-order valence-corrected chi connectivity index (χ1v) is 15.3. The fraction of sp³-hybridized carbons (Fsp3) is 0.316. The van der Waals surface area contributed by atoms with Gasteiger partial charge in [-0.3, -0.25) is 0 Å². The number of hydrogen-bond acceptors (Lipinski definition) is 3. The zero-order valence-electron chi connectivity index (χ0n) is 27.5. The molecule has 0 amide bonds. The molecule has 49 heavy (non-hydrogen) atoms. The van der Waals surface area contributed by atoms with E-state index in [0.29, 0.717) is 0 Å². The van der Waals surface area contributed by atoms with Gasteiger partial charge in [-0.05, 0) is 39.7 Å². The van der Waals surface area contributed by atoms with Crippen molar-refractivity contribution in [1.82, 2.24) is 0 Å². The van der Waals surface area contributed by atoms with Crippen molar-refractivity contribution in [2.45, 2.75) is 75.9 Å². The van der Waals surface area contributed by atoms with Crippen molar-refractivity contribution in [1.29, 1.82) is 0 Å². The second kappa shape index (κ2) is 12.4. The maximum Gasteiger partial charge on any atom is 0.383 e. The normalized spacial score (nSPS) is 24.5. The molecule has 0 heterocycles. The van der Waals surface area contributed by atoms with Gasteiger partial charge < -0.3 is 14.2 Å². The van der Waals surface area contributed by atoms with Crippen LogP contribution in [0.1, 0.15) is 58.2 Å². The lowest BCUT2D eigenvalue weighted by atomic mass is 9.74. The number of halogens is 8. The summed E-state index contributed by atoms with van der Waals surface area (Å²) in [5, 5.41) is 0. The molecule has 0 radical (unpaired) electrons. The molecule has 0 N–H and O–H groups in total. The highest BCUT2D eigenvalue weighted by Gasteiger charge is 2.82. The van der Waals surface area contributed by atoms with Crippen molar-refractivity contribution in [2.75, 3.05) is 0 Å². The summed E-state index contributed by atoms with van der Waals surface area (Å²) < 4.78 is 147. The van der Waals surface area contributed by atoms with Crippen LogP contribution < -0.4 is 14.2 Å². The number of rotatable bonds is 7. The summed E-state index contributed by atoms with van der Waals surface area (Å²) in [6.45, 7) is 10.3. The van der Waals surface area contributed by atoms with Crippen LogP contribution in [0.3, 0.4) is 0 Å². The second-order valence-corrected chi connectivity index (χ2v) is 13.8. The average Bonchev–Trinajstić information content (AvgIpc) is 3.04. The summed E-state index contributed by atoms with van der Waals surface area (Å²) >= 11 is 0. The van der Waals surface area contributed by atoms with Gasteiger partial charge in [-0.25, -0.2) is 26.3 Å². The number of alkyl halides is 4. The summed E-state index contributed by atoms with van der Waals surface area (Å²) in [4.78, 5) is 0. The van der Waals surface area contributed by atoms with Crippen molar-refractivity contribution in [3.8, 4) is 17.2 Å². The van der Waals surface area contributed by atoms with E-state index in [2.05, 4.69) is 0 Å². The summed E-state index contributed by atoms with van der Waals surface area (Å²) in [5.41, 5.74) is -6.48. The molecule has 4 unspecified atom stereocenters. The molecule has 0 saturated carbocycles. The third-order valence-electron chi connectivity index (χ3n) is 8.21. The maximum absolute atomic E-state index is 18.6. The molecule has 0 aromatic heterocycles. The van der Waals surface area contributed by atoms with E-state index in [-0.39, 0.29) is 29.0 Å². The van der Waals surface area contributed by atoms with Crippen LogP contribution in [0.25, 0.3) is 0 Å². The van der Waals surface area contributed by atoms with Gasteiger partial charge in [-0.1, -0.05) is 108 Å². The summed E-state index contributed by atoms with van der Waals surface area (Å²) in [6, 6.07) is 17.0. The minimum absolute atomic E-state index is 0.197. The van der Waals surface area contributed by atoms with E-state index in [1.165, 1.54) is 48.5 Å². The Hall–Kier alpha value is -4.54. The van der Waals surface area contributed by atoms with Crippen LogP contribution in [-0.4, -0.2) is 17.9 Å². The van der Waals surface area contributed by atoms with Crippen LogP contribution in [0.15, 0.2) is 103 Å². The third kappa shape index (κ3) is 6.01. The van der Waals surface area contributed by atoms with Gasteiger partial charge in [0.05, 0.1) is 0 Å². The summed E-state index contributed by atoms with van der Waals surface area (Å²) in [6.07, 6.45) is -3.68. The first-order chi connectivity index (χ1) is 22.8. The van der Waals surface area contributed by atoms with Crippen LogP contribution in [0, 0.1) is 17.5 Å². The standard InChI is InChI=1S/C38H34F8O3/c1-34(2,3)25-18-13-19-26(35(4,5)6)31(25)49-37(45)33(47-24-20-27(39)29(41)28(40)21-24)30(42)32(43)36(44,22-14-9-7-10-15-22)38(37,46)48-23-16-11-8-12-17-23/h7-21,32H,1-6H3. The van der Waals surface area contributed by atoms with Gasteiger partial charge in [-0.2, -0.15) is 8.78 Å². The van der Waals surface area contributed by atoms with E-state index in [0.717, 1.165) is 24.3 Å². The van der Waals surface area contributed by atoms with Crippen molar-refractivity contribution in [3.05, 3.63) is 137 Å². The Morgan fingerprint density at radius 3 is 1.59 bits per heavy atom. The molecule has 4 atom stereocenters. The number of allylic oxidation sites excluding steroid dienone is 1. The van der Waals surface area contributed by atoms with Crippen LogP contribution in [0.2, 0.25) is 0 Å². The Bertz CT molecular complexity index is 1810. The SMILES string of the molecule is CC(C)(C)c1cccc(C(C)(C)C)c1OC1(F)C(Oc2cc(F)c(F)c(F)c2)=C(F)C(F)C(F)(c2ccccc2)C1(F)Oc1ccccc1. The minimum Gasteiger partial charge on any atom is -0.451 e. The Labute approximate surface area is 279 Å². The summed E-state index contributed by atoms with van der Waals surface area (Å²) in [7, 11) is 0. The highest BCUT2D eigenvalue weighted by molar-refractivity contribution is 5.51. The van der Waals surface area contributed by atoms with Crippen molar-refractivity contribution in [2.24, 2.45) is 0 Å².